The fourth-order valence-corrected chi connectivity index (χ4v) is 10.8. The third-order valence-corrected chi connectivity index (χ3v) is 15.4. The fraction of sp³-hybridized carbons (Fsp3) is 0.781. The van der Waals surface area contributed by atoms with E-state index >= 15 is 0 Å². The minimum absolute atomic E-state index is 0.215. The van der Waals surface area contributed by atoms with E-state index in [-0.39, 0.29) is 22.7 Å². The van der Waals surface area contributed by atoms with Gasteiger partial charge in [-0.1, -0.05) is 252 Å². The van der Waals surface area contributed by atoms with Crippen LogP contribution in [0.4, 0.5) is 5.69 Å². The molecular weight excluding hydrogens is 857 g/mol. The van der Waals surface area contributed by atoms with Gasteiger partial charge in [0.2, 0.25) is 5.71 Å². The fourth-order valence-electron chi connectivity index (χ4n) is 10.8. The number of unbranched alkanes of at least 4 members (excludes halogenated alkanes) is 36. The summed E-state index contributed by atoms with van der Waals surface area (Å²) in [6, 6.07) is 1.99. The van der Waals surface area contributed by atoms with Crippen molar-refractivity contribution in [1.82, 2.24) is 4.98 Å². The van der Waals surface area contributed by atoms with Crippen molar-refractivity contribution < 1.29 is 14.5 Å². The van der Waals surface area contributed by atoms with Gasteiger partial charge in [-0.3, -0.25) is 9.78 Å². The molecule has 2 heterocycles. The molecule has 3 rings (SSSR count). The molecule has 0 saturated heterocycles. The molecule has 70 heavy (non-hydrogen) atoms. The minimum atomic E-state index is -0.218. The van der Waals surface area contributed by atoms with Gasteiger partial charge in [-0.2, -0.15) is 0 Å². The summed E-state index contributed by atoms with van der Waals surface area (Å²) in [5.41, 5.74) is 5.92. The number of Topliss-reactive ketones (excluding diaryl/α,β-unsaturated/α-hetero) is 1. The zero-order valence-corrected chi connectivity index (χ0v) is 47.0. The highest BCUT2D eigenvalue weighted by Gasteiger charge is 2.33. The highest BCUT2D eigenvalue weighted by Crippen LogP contribution is 2.38. The van der Waals surface area contributed by atoms with Crippen LogP contribution in [0.5, 0.6) is 0 Å². The molecule has 0 N–H and O–H groups in total. The molecule has 1 aromatic rings. The molecule has 398 valence electrons. The first kappa shape index (κ1) is 61.3. The predicted molar refractivity (Wildman–Crippen MR) is 305 cm³/mol. The van der Waals surface area contributed by atoms with Crippen LogP contribution in [0.25, 0.3) is 5.57 Å². The van der Waals surface area contributed by atoms with E-state index in [0.29, 0.717) is 11.4 Å². The van der Waals surface area contributed by atoms with Gasteiger partial charge in [-0.25, -0.2) is 9.57 Å². The van der Waals surface area contributed by atoms with E-state index in [0.717, 1.165) is 48.7 Å². The molecule has 0 spiro atoms. The van der Waals surface area contributed by atoms with Crippen molar-refractivity contribution in [3.05, 3.63) is 52.2 Å². The lowest BCUT2D eigenvalue weighted by atomic mass is 9.83. The van der Waals surface area contributed by atoms with Crippen LogP contribution in [-0.4, -0.2) is 53.4 Å². The Labute approximate surface area is 433 Å². The molecule has 0 amide bonds. The standard InChI is InChI=1S/C64H110N4O2/c1-7-11-15-19-23-27-31-35-39-43-47-67(48-44-40-36-32-28-24-20-16-12-8-2)59-53-65-57(51-55(59)5)61-63(69)62(64(61)70)58-52-56(6)60(54-66-58)68(49-45-41-37-33-29-25-21-17-13-9-3)50-46-42-38-34-30-26-22-18-14-10-4/h51-54H,7-50H2,1-6H3. The van der Waals surface area contributed by atoms with Crippen LogP contribution in [0, 0.1) is 6.92 Å². The van der Waals surface area contributed by atoms with Crippen LogP contribution in [0.3, 0.4) is 0 Å². The van der Waals surface area contributed by atoms with Crippen LogP contribution < -0.4 is 10.0 Å². The highest BCUT2D eigenvalue weighted by molar-refractivity contribution is 6.40. The molecule has 0 atom stereocenters. The largest absolute Gasteiger partial charge is 0.871 e. The first-order valence-corrected chi connectivity index (χ1v) is 30.6. The lowest BCUT2D eigenvalue weighted by Crippen LogP contribution is -2.32. The average molecular weight is 968 g/mol. The lowest BCUT2D eigenvalue weighted by Gasteiger charge is -2.32. The summed E-state index contributed by atoms with van der Waals surface area (Å²) < 4.78 is 2.54. The summed E-state index contributed by atoms with van der Waals surface area (Å²) in [7, 11) is 0. The van der Waals surface area contributed by atoms with Crippen LogP contribution in [0.15, 0.2) is 45.9 Å². The predicted octanol–water partition coefficient (Wildman–Crippen LogP) is 18.3. The van der Waals surface area contributed by atoms with Crippen molar-refractivity contribution in [2.45, 2.75) is 298 Å². The third-order valence-electron chi connectivity index (χ3n) is 15.4. The molecule has 1 aromatic heterocycles. The van der Waals surface area contributed by atoms with Gasteiger partial charge < -0.3 is 10.0 Å². The molecular formula is C64H110N4O2. The van der Waals surface area contributed by atoms with Crippen LogP contribution in [0.1, 0.15) is 303 Å². The number of aromatic nitrogens is 1. The van der Waals surface area contributed by atoms with Crippen molar-refractivity contribution in [2.24, 2.45) is 4.99 Å². The smallest absolute Gasteiger partial charge is 0.221 e. The monoisotopic (exact) mass is 967 g/mol. The van der Waals surface area contributed by atoms with Crippen LogP contribution in [-0.2, 0) is 4.79 Å². The topological polar surface area (TPSA) is 71.6 Å². The summed E-state index contributed by atoms with van der Waals surface area (Å²) in [5, 5.41) is 13.9. The van der Waals surface area contributed by atoms with E-state index in [9.17, 15) is 9.90 Å². The van der Waals surface area contributed by atoms with E-state index in [4.69, 9.17) is 9.98 Å². The molecule has 2 aliphatic rings. The van der Waals surface area contributed by atoms with Gasteiger partial charge in [-0.15, -0.1) is 0 Å². The normalized spacial score (nSPS) is 14.8. The maximum atomic E-state index is 13.9. The Balaban J connectivity index is 1.67. The third kappa shape index (κ3) is 25.1. The number of hydrogen-bond donors (Lipinski definition) is 0. The summed E-state index contributed by atoms with van der Waals surface area (Å²) in [4.78, 5) is 26.1. The van der Waals surface area contributed by atoms with Crippen molar-refractivity contribution in [1.29, 1.82) is 0 Å². The molecule has 0 radical (unpaired) electrons. The summed E-state index contributed by atoms with van der Waals surface area (Å²) in [6.07, 6.45) is 59.1. The van der Waals surface area contributed by atoms with Gasteiger partial charge in [0.25, 0.3) is 0 Å². The van der Waals surface area contributed by atoms with Gasteiger partial charge in [0.1, 0.15) is 13.1 Å². The Morgan fingerprint density at radius 3 is 1.19 bits per heavy atom. The molecule has 6 heteroatoms. The van der Waals surface area contributed by atoms with Crippen molar-refractivity contribution in [3.8, 4) is 0 Å². The van der Waals surface area contributed by atoms with Gasteiger partial charge >= 0.3 is 0 Å². The van der Waals surface area contributed by atoms with E-state index < -0.39 is 0 Å². The number of dihydropyridines is 1. The summed E-state index contributed by atoms with van der Waals surface area (Å²) >= 11 is 0. The maximum Gasteiger partial charge on any atom is 0.221 e. The average Bonchev–Trinajstić information content (AvgIpc) is 3.35. The second kappa shape index (κ2) is 40.5. The minimum Gasteiger partial charge on any atom is -0.871 e. The van der Waals surface area contributed by atoms with Crippen molar-refractivity contribution in [2.75, 3.05) is 31.1 Å². The molecule has 1 aliphatic heterocycles. The first-order valence-electron chi connectivity index (χ1n) is 30.6. The van der Waals surface area contributed by atoms with Gasteiger partial charge in [0.05, 0.1) is 29.5 Å². The number of allylic oxidation sites excluding steroid dienone is 4. The molecule has 0 aromatic carbocycles. The number of pyridine rings is 1. The Morgan fingerprint density at radius 2 is 0.843 bits per heavy atom. The first-order chi connectivity index (χ1) is 34.4. The SMILES string of the molecule is CCCCCCCCCCCCN(CCCCCCCCCCCC)c1cnc(C2=C([O-])/C(=C3/C=C(C)C(=[N+](CCCCCCCCCCCC)CCCCCCCCCCCC)C=N3)C2=O)cc1C. The van der Waals surface area contributed by atoms with Crippen molar-refractivity contribution in [3.63, 3.8) is 0 Å². The van der Waals surface area contributed by atoms with E-state index in [2.05, 4.69) is 51.0 Å². The van der Waals surface area contributed by atoms with Gasteiger partial charge in [-0.05, 0) is 57.2 Å². The Bertz CT molecular complexity index is 1650. The number of carbonyl (C=O) groups is 1. The number of nitrogens with zero attached hydrogens (tertiary/aromatic N) is 4. The van der Waals surface area contributed by atoms with Crippen LogP contribution >= 0.6 is 0 Å². The van der Waals surface area contributed by atoms with Crippen LogP contribution in [0.2, 0.25) is 0 Å². The highest BCUT2D eigenvalue weighted by atomic mass is 16.3. The second-order valence-electron chi connectivity index (χ2n) is 21.8. The molecule has 6 nitrogen and oxygen atoms in total. The van der Waals surface area contributed by atoms with Gasteiger partial charge in [0.15, 0.2) is 5.78 Å². The number of anilines is 1. The van der Waals surface area contributed by atoms with Crippen molar-refractivity contribution >= 4 is 29.0 Å². The lowest BCUT2D eigenvalue weighted by molar-refractivity contribution is -0.527. The Hall–Kier alpha value is -3.02. The summed E-state index contributed by atoms with van der Waals surface area (Å²) in [6.45, 7) is 17.5. The molecule has 1 aliphatic carbocycles. The molecule has 0 unspecified atom stereocenters. The van der Waals surface area contributed by atoms with E-state index in [1.165, 1.54) is 257 Å². The molecule has 0 saturated carbocycles. The second-order valence-corrected chi connectivity index (χ2v) is 21.8. The quantitative estimate of drug-likeness (QED) is 0.0371. The van der Waals surface area contributed by atoms with E-state index in [1.807, 2.05) is 24.6 Å². The number of ketones is 1. The Morgan fingerprint density at radius 1 is 0.486 bits per heavy atom. The molecule has 0 fully saturated rings. The number of hydrogen-bond acceptors (Lipinski definition) is 5. The van der Waals surface area contributed by atoms with E-state index in [1.54, 1.807) is 0 Å². The number of aliphatic imine (C=N–C) groups is 1. The van der Waals surface area contributed by atoms with Gasteiger partial charge in [0, 0.05) is 42.7 Å². The number of rotatable bonds is 46. The zero-order valence-electron chi connectivity index (χ0n) is 47.0. The molecule has 0 bridgehead atoms. The zero-order chi connectivity index (χ0) is 50.3. The summed E-state index contributed by atoms with van der Waals surface area (Å²) in [5.74, 6) is -0.436. The Kier molecular flexibility index (Phi) is 35.4. The number of carbonyl (C=O) groups excluding carboxylic acids is 1. The number of aryl methyl sites for hydroxylation is 1. The maximum absolute atomic E-state index is 13.9.